The van der Waals surface area contributed by atoms with Gasteiger partial charge in [0.05, 0.1) is 28.4 Å². The zero-order chi connectivity index (χ0) is 38.1. The average molecular weight is 746 g/mol. The molecule has 3 aliphatic heterocycles. The first-order valence-electron chi connectivity index (χ1n) is 18.0. The van der Waals surface area contributed by atoms with E-state index in [-0.39, 0.29) is 30.0 Å². The molecule has 16 nitrogen and oxygen atoms in total. The van der Waals surface area contributed by atoms with Crippen LogP contribution >= 0.6 is 0 Å². The standard InChI is InChI=1S/C40H31N11O5/c1-22-14-24(3-8-34(22)56-27-10-12-50-35(17-27)42-21-44-50)45-37-29-5-2-23(15-32(29)41-20-43-37)31-11-13-49(47-31)26-18-48(19-26)25-4-6-28-30(16-25)40(55)51(39(28)54)33-7-9-36(52)46-38(33)53/h2-6,8,10-17,20-21,26,33H,7,9,18-19H2,1H3,(H,41,43,45)(H,46,52,53). The molecule has 2 saturated heterocycles. The van der Waals surface area contributed by atoms with E-state index in [0.717, 1.165) is 49.7 Å². The average Bonchev–Trinajstić information content (AvgIpc) is 3.91. The number of imide groups is 2. The first-order valence-corrected chi connectivity index (χ1v) is 18.0. The van der Waals surface area contributed by atoms with Gasteiger partial charge in [0.1, 0.15) is 36.0 Å². The topological polar surface area (TPSA) is 182 Å². The summed E-state index contributed by atoms with van der Waals surface area (Å²) in [7, 11) is 0. The van der Waals surface area contributed by atoms with Crippen molar-refractivity contribution in [1.82, 2.24) is 44.6 Å². The molecule has 4 amide bonds. The van der Waals surface area contributed by atoms with Crippen LogP contribution in [0.2, 0.25) is 0 Å². The highest BCUT2D eigenvalue weighted by molar-refractivity contribution is 6.23. The molecule has 3 aliphatic rings. The van der Waals surface area contributed by atoms with Crippen LogP contribution in [-0.4, -0.2) is 82.0 Å². The summed E-state index contributed by atoms with van der Waals surface area (Å²) in [4.78, 5) is 66.8. The van der Waals surface area contributed by atoms with Gasteiger partial charge in [-0.05, 0) is 79.6 Å². The number of hydrogen-bond acceptors (Lipinski definition) is 12. The van der Waals surface area contributed by atoms with Gasteiger partial charge < -0.3 is 15.0 Å². The van der Waals surface area contributed by atoms with Crippen molar-refractivity contribution < 1.29 is 23.9 Å². The van der Waals surface area contributed by atoms with Crippen LogP contribution in [0.4, 0.5) is 17.2 Å². The lowest BCUT2D eigenvalue weighted by Crippen LogP contribution is -2.54. The molecule has 1 unspecified atom stereocenters. The minimum atomic E-state index is -0.997. The highest BCUT2D eigenvalue weighted by Crippen LogP contribution is 2.35. The maximum Gasteiger partial charge on any atom is 0.262 e. The van der Waals surface area contributed by atoms with Crippen molar-refractivity contribution in [2.75, 3.05) is 23.3 Å². The lowest BCUT2D eigenvalue weighted by Gasteiger charge is -2.41. The number of rotatable bonds is 8. The first kappa shape index (κ1) is 33.1. The molecule has 4 aromatic heterocycles. The SMILES string of the molecule is Cc1cc(Nc2ncnc3cc(-c4ccn(C5CN(c6ccc7c(c6)C(=O)N(C6CCC(=O)NC6=O)C7=O)C5)n4)ccc23)ccc1Oc1ccn2ncnc2c1. The summed E-state index contributed by atoms with van der Waals surface area (Å²) in [6, 6.07) is 21.8. The molecule has 0 saturated carbocycles. The van der Waals surface area contributed by atoms with Gasteiger partial charge >= 0.3 is 0 Å². The minimum absolute atomic E-state index is 0.0752. The van der Waals surface area contributed by atoms with Gasteiger partial charge in [0.25, 0.3) is 11.8 Å². The Labute approximate surface area is 317 Å². The van der Waals surface area contributed by atoms with E-state index >= 15 is 0 Å². The van der Waals surface area contributed by atoms with Gasteiger partial charge in [-0.15, -0.1) is 0 Å². The fourth-order valence-corrected chi connectivity index (χ4v) is 7.47. The molecule has 2 fully saturated rings. The van der Waals surface area contributed by atoms with Crippen LogP contribution in [0, 0.1) is 6.92 Å². The second-order valence-corrected chi connectivity index (χ2v) is 14.0. The predicted octanol–water partition coefficient (Wildman–Crippen LogP) is 4.84. The Bertz CT molecular complexity index is 2790. The van der Waals surface area contributed by atoms with Crippen molar-refractivity contribution in [2.24, 2.45) is 0 Å². The van der Waals surface area contributed by atoms with Crippen molar-refractivity contribution in [3.63, 3.8) is 0 Å². The van der Waals surface area contributed by atoms with Gasteiger partial charge in [0, 0.05) is 60.3 Å². The molecule has 0 bridgehead atoms. The lowest BCUT2D eigenvalue weighted by molar-refractivity contribution is -0.136. The second kappa shape index (κ2) is 12.8. The number of fused-ring (bicyclic) bond motifs is 3. The Kier molecular flexibility index (Phi) is 7.58. The number of hydrogen-bond donors (Lipinski definition) is 2. The monoisotopic (exact) mass is 745 g/mol. The molecule has 56 heavy (non-hydrogen) atoms. The Balaban J connectivity index is 0.800. The summed E-state index contributed by atoms with van der Waals surface area (Å²) in [6.45, 7) is 3.30. The fourth-order valence-electron chi connectivity index (χ4n) is 7.47. The maximum absolute atomic E-state index is 13.3. The highest BCUT2D eigenvalue weighted by Gasteiger charge is 2.45. The first-order chi connectivity index (χ1) is 27.3. The Hall–Kier alpha value is -7.49. The van der Waals surface area contributed by atoms with Crippen LogP contribution in [0.5, 0.6) is 11.5 Å². The van der Waals surface area contributed by atoms with E-state index in [0.29, 0.717) is 30.3 Å². The van der Waals surface area contributed by atoms with Gasteiger partial charge in [-0.25, -0.2) is 19.5 Å². The zero-order valence-corrected chi connectivity index (χ0v) is 29.8. The number of piperidine rings is 1. The highest BCUT2D eigenvalue weighted by atomic mass is 16.5. The fraction of sp³-hybridized carbons (Fsp3) is 0.175. The number of carbonyl (C=O) groups excluding carboxylic acids is 4. The van der Waals surface area contributed by atoms with Crippen molar-refractivity contribution in [3.8, 4) is 22.8 Å². The number of anilines is 3. The van der Waals surface area contributed by atoms with Gasteiger partial charge in [-0.2, -0.15) is 10.2 Å². The quantitative estimate of drug-likeness (QED) is 0.202. The van der Waals surface area contributed by atoms with E-state index in [9.17, 15) is 19.2 Å². The summed E-state index contributed by atoms with van der Waals surface area (Å²) < 4.78 is 9.75. The summed E-state index contributed by atoms with van der Waals surface area (Å²) in [5, 5.41) is 15.5. The van der Waals surface area contributed by atoms with Crippen molar-refractivity contribution >= 4 is 57.4 Å². The largest absolute Gasteiger partial charge is 0.457 e. The number of carbonyl (C=O) groups is 4. The number of benzene rings is 3. The number of nitrogens with one attached hydrogen (secondary N) is 2. The third kappa shape index (κ3) is 5.66. The number of ether oxygens (including phenoxy) is 1. The number of amides is 4. The Morgan fingerprint density at radius 1 is 0.839 bits per heavy atom. The van der Waals surface area contributed by atoms with Crippen LogP contribution in [-0.2, 0) is 9.59 Å². The number of aromatic nitrogens is 7. The number of aryl methyl sites for hydroxylation is 1. The molecule has 7 aromatic rings. The smallest absolute Gasteiger partial charge is 0.262 e. The van der Waals surface area contributed by atoms with Gasteiger partial charge in [0.15, 0.2) is 5.65 Å². The number of nitrogens with zero attached hydrogens (tertiary/aromatic N) is 9. The Morgan fingerprint density at radius 2 is 1.71 bits per heavy atom. The van der Waals surface area contributed by atoms with Crippen LogP contribution in [0.25, 0.3) is 27.8 Å². The van der Waals surface area contributed by atoms with E-state index in [1.165, 1.54) is 12.7 Å². The van der Waals surface area contributed by atoms with Gasteiger partial charge in [-0.3, -0.25) is 34.1 Å². The molecular formula is C40H31N11O5. The molecule has 0 spiro atoms. The molecule has 10 rings (SSSR count). The molecular weight excluding hydrogens is 715 g/mol. The minimum Gasteiger partial charge on any atom is -0.457 e. The molecule has 16 heteroatoms. The molecule has 276 valence electrons. The normalized spacial score (nSPS) is 17.1. The van der Waals surface area contributed by atoms with Crippen molar-refractivity contribution in [1.29, 1.82) is 0 Å². The second-order valence-electron chi connectivity index (χ2n) is 14.0. The van der Waals surface area contributed by atoms with Crippen LogP contribution in [0.15, 0.2) is 97.8 Å². The van der Waals surface area contributed by atoms with Crippen LogP contribution < -0.4 is 20.3 Å². The van der Waals surface area contributed by atoms with E-state index in [4.69, 9.17) is 9.84 Å². The van der Waals surface area contributed by atoms with E-state index in [1.807, 2.05) is 78.5 Å². The molecule has 3 aromatic carbocycles. The van der Waals surface area contributed by atoms with E-state index in [1.54, 1.807) is 22.8 Å². The summed E-state index contributed by atoms with van der Waals surface area (Å²) in [6.07, 6.45) is 6.99. The van der Waals surface area contributed by atoms with Crippen LogP contribution in [0.3, 0.4) is 0 Å². The van der Waals surface area contributed by atoms with E-state index in [2.05, 4.69) is 35.6 Å². The molecule has 7 heterocycles. The van der Waals surface area contributed by atoms with Gasteiger partial charge in [-0.1, -0.05) is 6.07 Å². The van der Waals surface area contributed by atoms with Gasteiger partial charge in [0.2, 0.25) is 11.8 Å². The van der Waals surface area contributed by atoms with Crippen molar-refractivity contribution in [3.05, 3.63) is 115 Å². The molecule has 1 atom stereocenters. The lowest BCUT2D eigenvalue weighted by atomic mass is 10.0. The summed E-state index contributed by atoms with van der Waals surface area (Å²) in [5.74, 6) is -0.00277. The number of pyridine rings is 1. The maximum atomic E-state index is 13.3. The molecule has 0 radical (unpaired) electrons. The summed E-state index contributed by atoms with van der Waals surface area (Å²) in [5.41, 5.74) is 6.32. The van der Waals surface area contributed by atoms with Crippen molar-refractivity contribution in [2.45, 2.75) is 31.8 Å². The molecule has 0 aliphatic carbocycles. The van der Waals surface area contributed by atoms with Crippen LogP contribution in [0.1, 0.15) is 45.2 Å². The Morgan fingerprint density at radius 3 is 2.57 bits per heavy atom. The predicted molar refractivity (Wildman–Crippen MR) is 203 cm³/mol. The molecule has 2 N–H and O–H groups in total. The third-order valence-corrected chi connectivity index (χ3v) is 10.5. The zero-order valence-electron chi connectivity index (χ0n) is 29.8. The summed E-state index contributed by atoms with van der Waals surface area (Å²) >= 11 is 0. The van der Waals surface area contributed by atoms with E-state index < -0.39 is 29.7 Å². The third-order valence-electron chi connectivity index (χ3n) is 10.5.